The fraction of sp³-hybridized carbons (Fsp3) is 0.818. The summed E-state index contributed by atoms with van der Waals surface area (Å²) in [4.78, 5) is 25.3. The molecule has 1 atom stereocenters. The van der Waals surface area contributed by atoms with Gasteiger partial charge >= 0.3 is 6.03 Å². The van der Waals surface area contributed by atoms with Crippen LogP contribution in [0.15, 0.2) is 0 Å². The molecule has 3 amide bonds. The van der Waals surface area contributed by atoms with Crippen molar-refractivity contribution in [2.75, 3.05) is 32.7 Å². The Kier molecular flexibility index (Phi) is 5.76. The Labute approximate surface area is 102 Å². The number of nitrogens with one attached hydrogen (secondary N) is 3. The van der Waals surface area contributed by atoms with Gasteiger partial charge in [-0.2, -0.15) is 0 Å². The molecule has 0 spiro atoms. The van der Waals surface area contributed by atoms with Gasteiger partial charge in [0.15, 0.2) is 0 Å². The van der Waals surface area contributed by atoms with E-state index >= 15 is 0 Å². The first-order valence-electron chi connectivity index (χ1n) is 6.23. The van der Waals surface area contributed by atoms with Gasteiger partial charge in [-0.25, -0.2) is 4.79 Å². The van der Waals surface area contributed by atoms with Crippen LogP contribution in [0.2, 0.25) is 0 Å². The van der Waals surface area contributed by atoms with Crippen LogP contribution in [0.25, 0.3) is 0 Å². The Morgan fingerprint density at radius 2 is 2.12 bits per heavy atom. The van der Waals surface area contributed by atoms with Crippen LogP contribution in [-0.2, 0) is 4.79 Å². The lowest BCUT2D eigenvalue weighted by Gasteiger charge is -2.35. The van der Waals surface area contributed by atoms with Gasteiger partial charge in [0.25, 0.3) is 0 Å². The Hall–Kier alpha value is -1.30. The summed E-state index contributed by atoms with van der Waals surface area (Å²) in [5.74, 6) is -0.0913. The molecule has 1 rings (SSSR count). The molecule has 0 aromatic carbocycles. The van der Waals surface area contributed by atoms with E-state index in [9.17, 15) is 9.59 Å². The third kappa shape index (κ3) is 3.89. The number of piperazine rings is 1. The van der Waals surface area contributed by atoms with E-state index in [1.165, 1.54) is 0 Å². The standard InChI is InChI=1S/C11H22N4O2/c1-3-5-14-11(17)15-7-6-12-8-9(15)10(16)13-4-2/h9,12H,3-8H2,1-2H3,(H,13,16)(H,14,17). The molecule has 1 fully saturated rings. The maximum atomic E-state index is 11.9. The van der Waals surface area contributed by atoms with Gasteiger partial charge in [0, 0.05) is 32.7 Å². The monoisotopic (exact) mass is 242 g/mol. The molecular formula is C11H22N4O2. The minimum atomic E-state index is -0.402. The number of hydrogen-bond donors (Lipinski definition) is 3. The summed E-state index contributed by atoms with van der Waals surface area (Å²) >= 11 is 0. The molecule has 3 N–H and O–H groups in total. The smallest absolute Gasteiger partial charge is 0.318 e. The van der Waals surface area contributed by atoms with Crippen molar-refractivity contribution in [3.05, 3.63) is 0 Å². The quantitative estimate of drug-likeness (QED) is 0.623. The summed E-state index contributed by atoms with van der Waals surface area (Å²) in [6.07, 6.45) is 0.893. The van der Waals surface area contributed by atoms with Gasteiger partial charge in [0.05, 0.1) is 0 Å². The third-order valence-corrected chi connectivity index (χ3v) is 2.68. The lowest BCUT2D eigenvalue weighted by molar-refractivity contribution is -0.125. The van der Waals surface area contributed by atoms with Crippen LogP contribution in [0, 0.1) is 0 Å². The maximum absolute atomic E-state index is 11.9. The molecule has 0 aromatic heterocycles. The molecule has 0 bridgehead atoms. The Balaban J connectivity index is 2.58. The highest BCUT2D eigenvalue weighted by Crippen LogP contribution is 2.04. The third-order valence-electron chi connectivity index (χ3n) is 2.68. The molecule has 1 heterocycles. The highest BCUT2D eigenvalue weighted by Gasteiger charge is 2.31. The highest BCUT2D eigenvalue weighted by atomic mass is 16.2. The first-order chi connectivity index (χ1) is 8.20. The molecule has 6 nitrogen and oxygen atoms in total. The lowest BCUT2D eigenvalue weighted by atomic mass is 10.2. The molecule has 0 saturated carbocycles. The maximum Gasteiger partial charge on any atom is 0.318 e. The van der Waals surface area contributed by atoms with Gasteiger partial charge in [-0.05, 0) is 13.3 Å². The average molecular weight is 242 g/mol. The van der Waals surface area contributed by atoms with E-state index in [-0.39, 0.29) is 11.9 Å². The molecule has 17 heavy (non-hydrogen) atoms. The van der Waals surface area contributed by atoms with Crippen LogP contribution >= 0.6 is 0 Å². The number of rotatable bonds is 4. The number of likely N-dealkylation sites (N-methyl/N-ethyl adjacent to an activating group) is 1. The summed E-state index contributed by atoms with van der Waals surface area (Å²) in [5, 5.41) is 8.70. The van der Waals surface area contributed by atoms with E-state index in [1.807, 2.05) is 13.8 Å². The molecule has 1 saturated heterocycles. The molecule has 6 heteroatoms. The zero-order chi connectivity index (χ0) is 12.7. The summed E-state index contributed by atoms with van der Waals surface area (Å²) in [6.45, 7) is 6.91. The molecule has 1 aliphatic heterocycles. The van der Waals surface area contributed by atoms with E-state index in [2.05, 4.69) is 16.0 Å². The molecular weight excluding hydrogens is 220 g/mol. The van der Waals surface area contributed by atoms with Gasteiger partial charge in [0.2, 0.25) is 5.91 Å². The van der Waals surface area contributed by atoms with Gasteiger partial charge in [-0.1, -0.05) is 6.92 Å². The van der Waals surface area contributed by atoms with Crippen molar-refractivity contribution < 1.29 is 9.59 Å². The minimum Gasteiger partial charge on any atom is -0.355 e. The number of amides is 3. The lowest BCUT2D eigenvalue weighted by Crippen LogP contribution is -2.61. The topological polar surface area (TPSA) is 73.5 Å². The van der Waals surface area contributed by atoms with Crippen molar-refractivity contribution >= 4 is 11.9 Å². The van der Waals surface area contributed by atoms with Crippen molar-refractivity contribution in [2.24, 2.45) is 0 Å². The molecule has 0 radical (unpaired) electrons. The Bertz CT molecular complexity index is 270. The first kappa shape index (κ1) is 13.8. The average Bonchev–Trinajstić information content (AvgIpc) is 2.36. The molecule has 0 aliphatic carbocycles. The van der Waals surface area contributed by atoms with Crippen molar-refractivity contribution in [3.8, 4) is 0 Å². The fourth-order valence-electron chi connectivity index (χ4n) is 1.81. The minimum absolute atomic E-state index is 0.0913. The summed E-state index contributed by atoms with van der Waals surface area (Å²) in [6, 6.07) is -0.551. The van der Waals surface area contributed by atoms with Crippen LogP contribution < -0.4 is 16.0 Å². The zero-order valence-corrected chi connectivity index (χ0v) is 10.6. The van der Waals surface area contributed by atoms with Crippen LogP contribution in [0.1, 0.15) is 20.3 Å². The Morgan fingerprint density at radius 3 is 2.76 bits per heavy atom. The van der Waals surface area contributed by atoms with Gasteiger partial charge < -0.3 is 20.9 Å². The van der Waals surface area contributed by atoms with E-state index in [0.717, 1.165) is 13.0 Å². The molecule has 1 aliphatic rings. The summed E-state index contributed by atoms with van der Waals surface area (Å²) in [7, 11) is 0. The summed E-state index contributed by atoms with van der Waals surface area (Å²) < 4.78 is 0. The van der Waals surface area contributed by atoms with Crippen LogP contribution in [0.4, 0.5) is 4.79 Å². The van der Waals surface area contributed by atoms with E-state index < -0.39 is 6.04 Å². The predicted octanol–water partition coefficient (Wildman–Crippen LogP) is -0.484. The van der Waals surface area contributed by atoms with Gasteiger partial charge in [-0.15, -0.1) is 0 Å². The number of carbonyl (C=O) groups is 2. The van der Waals surface area contributed by atoms with Crippen molar-refractivity contribution in [1.29, 1.82) is 0 Å². The second-order valence-electron chi connectivity index (χ2n) is 4.04. The number of urea groups is 1. The molecule has 1 unspecified atom stereocenters. The van der Waals surface area contributed by atoms with Crippen molar-refractivity contribution in [1.82, 2.24) is 20.9 Å². The van der Waals surface area contributed by atoms with E-state index in [4.69, 9.17) is 0 Å². The SMILES string of the molecule is CCCNC(=O)N1CCNCC1C(=O)NCC. The number of nitrogens with zero attached hydrogens (tertiary/aromatic N) is 1. The van der Waals surface area contributed by atoms with Gasteiger partial charge in [-0.3, -0.25) is 4.79 Å². The normalized spacial score (nSPS) is 19.9. The molecule has 0 aromatic rings. The van der Waals surface area contributed by atoms with E-state index in [1.54, 1.807) is 4.90 Å². The predicted molar refractivity (Wildman–Crippen MR) is 65.7 cm³/mol. The first-order valence-corrected chi connectivity index (χ1v) is 6.23. The van der Waals surface area contributed by atoms with Crippen molar-refractivity contribution in [2.45, 2.75) is 26.3 Å². The van der Waals surface area contributed by atoms with Crippen LogP contribution in [-0.4, -0.2) is 55.6 Å². The molecule has 98 valence electrons. The second kappa shape index (κ2) is 7.11. The van der Waals surface area contributed by atoms with E-state index in [0.29, 0.717) is 26.2 Å². The Morgan fingerprint density at radius 1 is 1.35 bits per heavy atom. The largest absolute Gasteiger partial charge is 0.355 e. The zero-order valence-electron chi connectivity index (χ0n) is 10.6. The van der Waals surface area contributed by atoms with Crippen LogP contribution in [0.3, 0.4) is 0 Å². The number of hydrogen-bond acceptors (Lipinski definition) is 3. The van der Waals surface area contributed by atoms with Crippen LogP contribution in [0.5, 0.6) is 0 Å². The van der Waals surface area contributed by atoms with Crippen molar-refractivity contribution in [3.63, 3.8) is 0 Å². The number of carbonyl (C=O) groups excluding carboxylic acids is 2. The fourth-order valence-corrected chi connectivity index (χ4v) is 1.81. The summed E-state index contributed by atoms with van der Waals surface area (Å²) in [5.41, 5.74) is 0. The van der Waals surface area contributed by atoms with Gasteiger partial charge in [0.1, 0.15) is 6.04 Å². The highest BCUT2D eigenvalue weighted by molar-refractivity contribution is 5.87. The second-order valence-corrected chi connectivity index (χ2v) is 4.04.